The molecule has 1 atom stereocenters. The number of amides is 1. The number of primary amides is 1. The van der Waals surface area contributed by atoms with E-state index in [2.05, 4.69) is 4.90 Å². The average molecular weight is 506 g/mol. The first kappa shape index (κ1) is 25.4. The molecule has 8 nitrogen and oxygen atoms in total. The molecular weight excluding hydrogens is 470 g/mol. The van der Waals surface area contributed by atoms with Gasteiger partial charge in [-0.3, -0.25) is 9.69 Å². The van der Waals surface area contributed by atoms with Crippen molar-refractivity contribution >= 4 is 17.4 Å². The summed E-state index contributed by atoms with van der Waals surface area (Å²) in [7, 11) is 0. The van der Waals surface area contributed by atoms with Crippen molar-refractivity contribution in [3.05, 3.63) is 70.8 Å². The van der Waals surface area contributed by atoms with Gasteiger partial charge in [0.05, 0.1) is 18.8 Å². The highest BCUT2D eigenvalue weighted by Crippen LogP contribution is 2.48. The SMILES string of the molecule is NC(=O)C1(N)C(C(=O)OC2CCCCC2)=C(c2ccccc2)c2ccc(OCCN3CCOCC3)cc21. The molecule has 2 fully saturated rings. The van der Waals surface area contributed by atoms with Crippen LogP contribution in [0.5, 0.6) is 5.75 Å². The molecule has 2 aromatic rings. The summed E-state index contributed by atoms with van der Waals surface area (Å²) in [6.45, 7) is 4.43. The predicted octanol–water partition coefficient (Wildman–Crippen LogP) is 2.73. The first-order valence-corrected chi connectivity index (χ1v) is 13.2. The molecule has 3 aliphatic rings. The monoisotopic (exact) mass is 505 g/mol. The number of carbonyl (C=O) groups excluding carboxylic acids is 2. The Morgan fingerprint density at radius 2 is 1.76 bits per heavy atom. The quantitative estimate of drug-likeness (QED) is 0.530. The standard InChI is InChI=1S/C29H35N3O5/c30-28(34)29(31)24-19-22(36-18-15-32-13-16-35-17-14-32)11-12-23(24)25(20-7-3-1-4-8-20)26(29)27(33)37-21-9-5-2-6-10-21/h1,3-4,7-8,11-12,19,21H,2,5-6,9-10,13-18,31H2,(H2,30,34). The molecule has 1 heterocycles. The van der Waals surface area contributed by atoms with E-state index in [1.54, 1.807) is 6.07 Å². The Balaban J connectivity index is 1.49. The molecule has 8 heteroatoms. The number of ether oxygens (including phenoxy) is 3. The van der Waals surface area contributed by atoms with Crippen LogP contribution in [0.25, 0.3) is 5.57 Å². The summed E-state index contributed by atoms with van der Waals surface area (Å²) < 4.78 is 17.4. The van der Waals surface area contributed by atoms with Gasteiger partial charge in [0.15, 0.2) is 5.54 Å². The molecule has 1 saturated heterocycles. The minimum absolute atomic E-state index is 0.0947. The third-order valence-electron chi connectivity index (χ3n) is 7.59. The summed E-state index contributed by atoms with van der Waals surface area (Å²) in [5.41, 5.74) is 13.5. The fourth-order valence-electron chi connectivity index (χ4n) is 5.56. The lowest BCUT2D eigenvalue weighted by molar-refractivity contribution is -0.147. The number of morpholine rings is 1. The Morgan fingerprint density at radius 3 is 2.46 bits per heavy atom. The molecule has 37 heavy (non-hydrogen) atoms. The van der Waals surface area contributed by atoms with Gasteiger partial charge in [0, 0.05) is 25.2 Å². The zero-order valence-corrected chi connectivity index (χ0v) is 21.1. The maximum atomic E-state index is 13.7. The Kier molecular flexibility index (Phi) is 7.60. The molecule has 1 aliphatic heterocycles. The van der Waals surface area contributed by atoms with E-state index in [1.807, 2.05) is 42.5 Å². The van der Waals surface area contributed by atoms with Gasteiger partial charge in [0.25, 0.3) is 0 Å². The van der Waals surface area contributed by atoms with Crippen molar-refractivity contribution in [1.82, 2.24) is 4.90 Å². The molecule has 1 amide bonds. The molecule has 5 rings (SSSR count). The van der Waals surface area contributed by atoms with Gasteiger partial charge in [-0.25, -0.2) is 4.79 Å². The van der Waals surface area contributed by atoms with E-state index < -0.39 is 17.4 Å². The lowest BCUT2D eigenvalue weighted by atomic mass is 9.86. The van der Waals surface area contributed by atoms with Gasteiger partial charge in [-0.1, -0.05) is 42.8 Å². The van der Waals surface area contributed by atoms with Crippen LogP contribution in [-0.2, 0) is 24.6 Å². The zero-order chi connectivity index (χ0) is 25.8. The highest BCUT2D eigenvalue weighted by Gasteiger charge is 2.51. The van der Waals surface area contributed by atoms with Gasteiger partial charge < -0.3 is 25.7 Å². The Hall–Kier alpha value is -3.20. The van der Waals surface area contributed by atoms with Crippen LogP contribution >= 0.6 is 0 Å². The van der Waals surface area contributed by atoms with E-state index in [0.717, 1.165) is 70.5 Å². The number of esters is 1. The second kappa shape index (κ2) is 11.0. The van der Waals surface area contributed by atoms with Crippen LogP contribution in [0.4, 0.5) is 0 Å². The third-order valence-corrected chi connectivity index (χ3v) is 7.59. The smallest absolute Gasteiger partial charge is 0.337 e. The van der Waals surface area contributed by atoms with Crippen molar-refractivity contribution in [2.45, 2.75) is 43.7 Å². The van der Waals surface area contributed by atoms with Crippen LogP contribution in [-0.4, -0.2) is 62.3 Å². The summed E-state index contributed by atoms with van der Waals surface area (Å²) in [4.78, 5) is 29.0. The number of nitrogens with zero attached hydrogens (tertiary/aromatic N) is 1. The lowest BCUT2D eigenvalue weighted by Crippen LogP contribution is -2.51. The van der Waals surface area contributed by atoms with Gasteiger partial charge in [0.2, 0.25) is 5.91 Å². The molecule has 4 N–H and O–H groups in total. The van der Waals surface area contributed by atoms with Gasteiger partial charge in [0.1, 0.15) is 18.5 Å². The number of carbonyl (C=O) groups is 2. The summed E-state index contributed by atoms with van der Waals surface area (Å²) in [6, 6.07) is 14.9. The Morgan fingerprint density at radius 1 is 1.03 bits per heavy atom. The van der Waals surface area contributed by atoms with Gasteiger partial charge >= 0.3 is 5.97 Å². The number of benzene rings is 2. The fraction of sp³-hybridized carbons (Fsp3) is 0.448. The summed E-state index contributed by atoms with van der Waals surface area (Å²) in [6.07, 6.45) is 4.58. The van der Waals surface area contributed by atoms with Crippen LogP contribution in [0, 0.1) is 0 Å². The highest BCUT2D eigenvalue weighted by atomic mass is 16.5. The molecule has 0 spiro atoms. The van der Waals surface area contributed by atoms with E-state index in [-0.39, 0.29) is 11.7 Å². The number of hydrogen-bond acceptors (Lipinski definition) is 7. The first-order valence-electron chi connectivity index (χ1n) is 13.2. The number of fused-ring (bicyclic) bond motifs is 1. The van der Waals surface area contributed by atoms with Gasteiger partial charge in [-0.2, -0.15) is 0 Å². The molecule has 0 radical (unpaired) electrons. The van der Waals surface area contributed by atoms with Gasteiger partial charge in [-0.15, -0.1) is 0 Å². The predicted molar refractivity (Wildman–Crippen MR) is 140 cm³/mol. The van der Waals surface area contributed by atoms with Crippen molar-refractivity contribution in [2.75, 3.05) is 39.5 Å². The first-order chi connectivity index (χ1) is 18.0. The van der Waals surface area contributed by atoms with Crippen molar-refractivity contribution < 1.29 is 23.8 Å². The molecule has 0 aromatic heterocycles. The number of nitrogens with two attached hydrogens (primary N) is 2. The second-order valence-electron chi connectivity index (χ2n) is 9.96. The van der Waals surface area contributed by atoms with E-state index >= 15 is 0 Å². The van der Waals surface area contributed by atoms with Crippen molar-refractivity contribution in [3.63, 3.8) is 0 Å². The molecule has 1 unspecified atom stereocenters. The summed E-state index contributed by atoms with van der Waals surface area (Å²) in [5, 5.41) is 0. The molecule has 2 aromatic carbocycles. The molecule has 2 aliphatic carbocycles. The maximum Gasteiger partial charge on any atom is 0.337 e. The minimum atomic E-state index is -1.84. The Bertz CT molecular complexity index is 1170. The molecular formula is C29H35N3O5. The van der Waals surface area contributed by atoms with Crippen molar-refractivity contribution in [2.24, 2.45) is 11.5 Å². The maximum absolute atomic E-state index is 13.7. The topological polar surface area (TPSA) is 117 Å². The fourth-order valence-corrected chi connectivity index (χ4v) is 5.56. The number of hydrogen-bond donors (Lipinski definition) is 2. The summed E-state index contributed by atoms with van der Waals surface area (Å²) in [5.74, 6) is -0.823. The van der Waals surface area contributed by atoms with Crippen molar-refractivity contribution in [1.29, 1.82) is 0 Å². The van der Waals surface area contributed by atoms with Crippen molar-refractivity contribution in [3.8, 4) is 5.75 Å². The van der Waals surface area contributed by atoms with E-state index in [0.29, 0.717) is 29.1 Å². The van der Waals surface area contributed by atoms with E-state index in [1.165, 1.54) is 0 Å². The van der Waals surface area contributed by atoms with Crippen LogP contribution in [0.2, 0.25) is 0 Å². The largest absolute Gasteiger partial charge is 0.492 e. The zero-order valence-electron chi connectivity index (χ0n) is 21.1. The minimum Gasteiger partial charge on any atom is -0.492 e. The number of rotatable bonds is 8. The normalized spacial score (nSPS) is 22.5. The molecule has 196 valence electrons. The van der Waals surface area contributed by atoms with Crippen LogP contribution in [0.1, 0.15) is 48.8 Å². The lowest BCUT2D eigenvalue weighted by Gasteiger charge is -2.28. The van der Waals surface area contributed by atoms with Crippen LogP contribution in [0.3, 0.4) is 0 Å². The average Bonchev–Trinajstić information content (AvgIpc) is 3.20. The van der Waals surface area contributed by atoms with E-state index in [9.17, 15) is 9.59 Å². The molecule has 0 bridgehead atoms. The van der Waals surface area contributed by atoms with Crippen LogP contribution in [0.15, 0.2) is 54.1 Å². The van der Waals surface area contributed by atoms with E-state index in [4.69, 9.17) is 25.7 Å². The van der Waals surface area contributed by atoms with Gasteiger partial charge in [-0.05, 0) is 54.5 Å². The Labute approximate surface area is 217 Å². The summed E-state index contributed by atoms with van der Waals surface area (Å²) >= 11 is 0. The molecule has 1 saturated carbocycles. The second-order valence-corrected chi connectivity index (χ2v) is 9.96. The highest BCUT2D eigenvalue weighted by molar-refractivity contribution is 6.15. The third kappa shape index (κ3) is 5.14. The van der Waals surface area contributed by atoms with Crippen LogP contribution < -0.4 is 16.2 Å².